The second-order valence-corrected chi connectivity index (χ2v) is 8.08. The lowest BCUT2D eigenvalue weighted by atomic mass is 10.0. The van der Waals surface area contributed by atoms with E-state index in [2.05, 4.69) is 5.32 Å². The van der Waals surface area contributed by atoms with Gasteiger partial charge in [-0.05, 0) is 30.2 Å². The van der Waals surface area contributed by atoms with Crippen molar-refractivity contribution in [1.29, 1.82) is 0 Å². The maximum Gasteiger partial charge on any atom is 0.251 e. The van der Waals surface area contributed by atoms with Crippen LogP contribution in [0.2, 0.25) is 0 Å². The van der Waals surface area contributed by atoms with Gasteiger partial charge < -0.3 is 10.1 Å². The van der Waals surface area contributed by atoms with Gasteiger partial charge in [0.15, 0.2) is 9.84 Å². The van der Waals surface area contributed by atoms with Crippen molar-refractivity contribution in [3.05, 3.63) is 54.1 Å². The van der Waals surface area contributed by atoms with Gasteiger partial charge in [-0.1, -0.05) is 30.3 Å². The number of methoxy groups -OCH3 is 1. The molecule has 24 heavy (non-hydrogen) atoms. The predicted octanol–water partition coefficient (Wildman–Crippen LogP) is 2.28. The van der Waals surface area contributed by atoms with Crippen molar-refractivity contribution in [3.63, 3.8) is 0 Å². The van der Waals surface area contributed by atoms with Gasteiger partial charge in [0, 0.05) is 17.2 Å². The summed E-state index contributed by atoms with van der Waals surface area (Å²) in [6, 6.07) is 14.6. The van der Waals surface area contributed by atoms with Crippen molar-refractivity contribution in [1.82, 2.24) is 5.32 Å². The Morgan fingerprint density at radius 1 is 1.17 bits per heavy atom. The van der Waals surface area contributed by atoms with E-state index in [1.807, 2.05) is 30.3 Å². The van der Waals surface area contributed by atoms with E-state index < -0.39 is 9.84 Å². The summed E-state index contributed by atoms with van der Waals surface area (Å²) in [7, 11) is -1.43. The molecule has 0 spiro atoms. The zero-order valence-corrected chi connectivity index (χ0v) is 14.2. The molecule has 126 valence electrons. The van der Waals surface area contributed by atoms with Crippen LogP contribution in [0.5, 0.6) is 5.75 Å². The van der Waals surface area contributed by atoms with Crippen LogP contribution in [0.1, 0.15) is 16.8 Å². The maximum absolute atomic E-state index is 12.4. The van der Waals surface area contributed by atoms with Gasteiger partial charge in [-0.25, -0.2) is 8.42 Å². The lowest BCUT2D eigenvalue weighted by Gasteiger charge is -2.13. The zero-order valence-electron chi connectivity index (χ0n) is 13.4. The molecule has 0 saturated carbocycles. The molecule has 1 atom stereocenters. The molecule has 1 aliphatic heterocycles. The Labute approximate surface area is 141 Å². The Hall–Kier alpha value is -2.34. The summed E-state index contributed by atoms with van der Waals surface area (Å²) in [6.07, 6.45) is 0.468. The van der Waals surface area contributed by atoms with Crippen molar-refractivity contribution >= 4 is 15.7 Å². The lowest BCUT2D eigenvalue weighted by Crippen LogP contribution is -2.35. The summed E-state index contributed by atoms with van der Waals surface area (Å²) < 4.78 is 28.4. The van der Waals surface area contributed by atoms with E-state index in [1.54, 1.807) is 25.3 Å². The first kappa shape index (κ1) is 16.5. The van der Waals surface area contributed by atoms with Crippen LogP contribution in [0.15, 0.2) is 48.5 Å². The van der Waals surface area contributed by atoms with Gasteiger partial charge in [0.1, 0.15) is 5.75 Å². The Balaban J connectivity index is 1.85. The highest BCUT2D eigenvalue weighted by Gasteiger charge is 2.29. The van der Waals surface area contributed by atoms with E-state index in [9.17, 15) is 13.2 Å². The normalized spacial score (nSPS) is 19.0. The molecule has 1 N–H and O–H groups in total. The molecule has 2 aromatic rings. The van der Waals surface area contributed by atoms with Gasteiger partial charge in [0.2, 0.25) is 0 Å². The highest BCUT2D eigenvalue weighted by Crippen LogP contribution is 2.30. The van der Waals surface area contributed by atoms with E-state index in [0.29, 0.717) is 17.7 Å². The fourth-order valence-electron chi connectivity index (χ4n) is 2.87. The van der Waals surface area contributed by atoms with Crippen molar-refractivity contribution < 1.29 is 17.9 Å². The lowest BCUT2D eigenvalue weighted by molar-refractivity contribution is 0.0941. The summed E-state index contributed by atoms with van der Waals surface area (Å²) in [5.74, 6) is 0.564. The quantitative estimate of drug-likeness (QED) is 0.923. The number of carbonyl (C=O) groups is 1. The fourth-order valence-corrected chi connectivity index (χ4v) is 4.54. The van der Waals surface area contributed by atoms with E-state index in [0.717, 1.165) is 11.1 Å². The summed E-state index contributed by atoms with van der Waals surface area (Å²) >= 11 is 0. The second-order valence-electron chi connectivity index (χ2n) is 5.85. The minimum atomic E-state index is -3.02. The van der Waals surface area contributed by atoms with Crippen LogP contribution in [0.25, 0.3) is 11.1 Å². The Morgan fingerprint density at radius 2 is 1.92 bits per heavy atom. The van der Waals surface area contributed by atoms with E-state index in [1.165, 1.54) is 0 Å². The molecule has 1 saturated heterocycles. The SMILES string of the molecule is COc1ccc(C(=O)N[C@H]2CCS(=O)(=O)C2)cc1-c1ccccc1. The number of hydrogen-bond donors (Lipinski definition) is 1. The first-order valence-corrected chi connectivity index (χ1v) is 9.55. The topological polar surface area (TPSA) is 72.5 Å². The van der Waals surface area contributed by atoms with Crippen LogP contribution in [0, 0.1) is 0 Å². The second kappa shape index (κ2) is 6.65. The molecule has 1 heterocycles. The first-order chi connectivity index (χ1) is 11.5. The number of benzene rings is 2. The van der Waals surface area contributed by atoms with Gasteiger partial charge >= 0.3 is 0 Å². The molecule has 1 amide bonds. The number of amides is 1. The number of hydrogen-bond acceptors (Lipinski definition) is 4. The number of carbonyl (C=O) groups excluding carboxylic acids is 1. The van der Waals surface area contributed by atoms with Crippen LogP contribution in [0.3, 0.4) is 0 Å². The molecule has 2 aromatic carbocycles. The summed E-state index contributed by atoms with van der Waals surface area (Å²) in [4.78, 5) is 12.4. The summed E-state index contributed by atoms with van der Waals surface area (Å²) in [6.45, 7) is 0. The molecule has 0 unspecified atom stereocenters. The van der Waals surface area contributed by atoms with Crippen LogP contribution in [0.4, 0.5) is 0 Å². The molecule has 1 aliphatic rings. The average Bonchev–Trinajstić information content (AvgIpc) is 2.93. The van der Waals surface area contributed by atoms with Crippen LogP contribution < -0.4 is 10.1 Å². The van der Waals surface area contributed by atoms with Crippen molar-refractivity contribution in [2.24, 2.45) is 0 Å². The number of rotatable bonds is 4. The molecular formula is C18H19NO4S. The largest absolute Gasteiger partial charge is 0.496 e. The smallest absolute Gasteiger partial charge is 0.251 e. The third kappa shape index (κ3) is 3.59. The number of sulfone groups is 1. The summed E-state index contributed by atoms with van der Waals surface area (Å²) in [5.41, 5.74) is 2.26. The van der Waals surface area contributed by atoms with Crippen LogP contribution >= 0.6 is 0 Å². The predicted molar refractivity (Wildman–Crippen MR) is 93.0 cm³/mol. The van der Waals surface area contributed by atoms with Gasteiger partial charge in [-0.15, -0.1) is 0 Å². The van der Waals surface area contributed by atoms with E-state index >= 15 is 0 Å². The van der Waals surface area contributed by atoms with Gasteiger partial charge in [0.05, 0.1) is 18.6 Å². The zero-order chi connectivity index (χ0) is 17.2. The highest BCUT2D eigenvalue weighted by atomic mass is 32.2. The monoisotopic (exact) mass is 345 g/mol. The third-order valence-electron chi connectivity index (χ3n) is 4.11. The molecule has 0 aromatic heterocycles. The maximum atomic E-state index is 12.4. The van der Waals surface area contributed by atoms with E-state index in [-0.39, 0.29) is 23.5 Å². The van der Waals surface area contributed by atoms with Crippen molar-refractivity contribution in [2.45, 2.75) is 12.5 Å². The minimum absolute atomic E-state index is 0.0143. The van der Waals surface area contributed by atoms with Gasteiger partial charge in [-0.3, -0.25) is 4.79 Å². The molecule has 0 radical (unpaired) electrons. The molecular weight excluding hydrogens is 326 g/mol. The molecule has 0 bridgehead atoms. The highest BCUT2D eigenvalue weighted by molar-refractivity contribution is 7.91. The standard InChI is InChI=1S/C18H19NO4S/c1-23-17-8-7-14(11-16(17)13-5-3-2-4-6-13)18(20)19-15-9-10-24(21,22)12-15/h2-8,11,15H,9-10,12H2,1H3,(H,19,20)/t15-/m0/s1. The van der Waals surface area contributed by atoms with Crippen molar-refractivity contribution in [3.8, 4) is 16.9 Å². The Kier molecular flexibility index (Phi) is 4.57. The van der Waals surface area contributed by atoms with Crippen LogP contribution in [-0.4, -0.2) is 39.0 Å². The molecule has 0 aliphatic carbocycles. The first-order valence-electron chi connectivity index (χ1n) is 7.73. The van der Waals surface area contributed by atoms with E-state index in [4.69, 9.17) is 4.74 Å². The van der Waals surface area contributed by atoms with Crippen molar-refractivity contribution in [2.75, 3.05) is 18.6 Å². The number of ether oxygens (including phenoxy) is 1. The molecule has 6 heteroatoms. The number of nitrogens with one attached hydrogen (secondary N) is 1. The molecule has 1 fully saturated rings. The minimum Gasteiger partial charge on any atom is -0.496 e. The van der Waals surface area contributed by atoms with Gasteiger partial charge in [0.25, 0.3) is 5.91 Å². The average molecular weight is 345 g/mol. The molecule has 5 nitrogen and oxygen atoms in total. The Morgan fingerprint density at radius 3 is 2.54 bits per heavy atom. The molecule has 3 rings (SSSR count). The van der Waals surface area contributed by atoms with Gasteiger partial charge in [-0.2, -0.15) is 0 Å². The Bertz CT molecular complexity index is 847. The summed E-state index contributed by atoms with van der Waals surface area (Å²) in [5, 5.41) is 2.81. The van der Waals surface area contributed by atoms with Crippen LogP contribution in [-0.2, 0) is 9.84 Å². The fraction of sp³-hybridized carbons (Fsp3) is 0.278. The third-order valence-corrected chi connectivity index (χ3v) is 5.88.